The Kier molecular flexibility index (Phi) is 3.99. The molecule has 0 aliphatic carbocycles. The normalized spacial score (nSPS) is 12.2. The predicted octanol–water partition coefficient (Wildman–Crippen LogP) is 2.38. The zero-order valence-electron chi connectivity index (χ0n) is 11.0. The number of aryl methyl sites for hydroxylation is 2. The molecular weight excluding hydrogens is 308 g/mol. The minimum absolute atomic E-state index is 0.133. The van der Waals surface area contributed by atoms with Crippen molar-refractivity contribution in [3.63, 3.8) is 0 Å². The number of halogens is 1. The highest BCUT2D eigenvalue weighted by Gasteiger charge is 2.17. The van der Waals surface area contributed by atoms with Crippen LogP contribution in [0.15, 0.2) is 29.0 Å². The minimum Gasteiger partial charge on any atom is -0.342 e. The lowest BCUT2D eigenvalue weighted by Crippen LogP contribution is -2.28. The molecule has 1 unspecified atom stereocenters. The molecule has 1 N–H and O–H groups in total. The van der Waals surface area contributed by atoms with E-state index >= 15 is 0 Å². The van der Waals surface area contributed by atoms with E-state index in [0.717, 1.165) is 15.9 Å². The summed E-state index contributed by atoms with van der Waals surface area (Å²) >= 11 is 3.44. The molecule has 6 heteroatoms. The molecule has 0 spiro atoms. The van der Waals surface area contributed by atoms with Crippen LogP contribution in [0.3, 0.4) is 0 Å². The van der Waals surface area contributed by atoms with E-state index in [2.05, 4.69) is 31.4 Å². The van der Waals surface area contributed by atoms with Gasteiger partial charge in [-0.3, -0.25) is 4.79 Å². The maximum Gasteiger partial charge on any atom is 0.253 e. The zero-order valence-corrected chi connectivity index (χ0v) is 12.6. The van der Waals surface area contributed by atoms with E-state index in [-0.39, 0.29) is 11.9 Å². The van der Waals surface area contributed by atoms with Crippen molar-refractivity contribution < 1.29 is 4.79 Å². The summed E-state index contributed by atoms with van der Waals surface area (Å²) in [6, 6.07) is 5.40. The molecule has 1 aromatic carbocycles. The molecular formula is C13H15BrN4O. The van der Waals surface area contributed by atoms with E-state index in [1.165, 1.54) is 0 Å². The van der Waals surface area contributed by atoms with Gasteiger partial charge in [0.2, 0.25) is 0 Å². The number of rotatable bonds is 3. The molecule has 0 aliphatic heterocycles. The predicted molar refractivity (Wildman–Crippen MR) is 75.8 cm³/mol. The van der Waals surface area contributed by atoms with Gasteiger partial charge in [-0.05, 0) is 41.4 Å². The summed E-state index contributed by atoms with van der Waals surface area (Å²) in [5.41, 5.74) is 1.65. The molecule has 1 amide bonds. The highest BCUT2D eigenvalue weighted by molar-refractivity contribution is 9.10. The van der Waals surface area contributed by atoms with Crippen molar-refractivity contribution in [2.75, 3.05) is 0 Å². The molecule has 0 radical (unpaired) electrons. The molecule has 2 aromatic rings. The van der Waals surface area contributed by atoms with Gasteiger partial charge in [0, 0.05) is 11.5 Å². The molecule has 5 nitrogen and oxygen atoms in total. The van der Waals surface area contributed by atoms with E-state index in [4.69, 9.17) is 0 Å². The highest BCUT2D eigenvalue weighted by atomic mass is 79.9. The number of amides is 1. The largest absolute Gasteiger partial charge is 0.342 e. The fraction of sp³-hybridized carbons (Fsp3) is 0.308. The van der Waals surface area contributed by atoms with E-state index in [9.17, 15) is 4.79 Å². The fourth-order valence-electron chi connectivity index (χ4n) is 1.85. The SMILES string of the molecule is Cc1cccc(C(=O)NC(C)c2nncn2C)c1Br. The molecule has 19 heavy (non-hydrogen) atoms. The summed E-state index contributed by atoms with van der Waals surface area (Å²) in [6.07, 6.45) is 1.61. The maximum absolute atomic E-state index is 12.2. The summed E-state index contributed by atoms with van der Waals surface area (Å²) in [4.78, 5) is 12.2. The molecule has 0 bridgehead atoms. The third-order valence-corrected chi connectivity index (χ3v) is 3.97. The average molecular weight is 323 g/mol. The second kappa shape index (κ2) is 5.52. The molecule has 0 saturated carbocycles. The van der Waals surface area contributed by atoms with Crippen molar-refractivity contribution in [1.82, 2.24) is 20.1 Å². The van der Waals surface area contributed by atoms with Gasteiger partial charge < -0.3 is 9.88 Å². The van der Waals surface area contributed by atoms with Crippen LogP contribution in [-0.4, -0.2) is 20.7 Å². The van der Waals surface area contributed by atoms with E-state index < -0.39 is 0 Å². The molecule has 1 heterocycles. The number of nitrogens with one attached hydrogen (secondary N) is 1. The van der Waals surface area contributed by atoms with E-state index in [1.54, 1.807) is 17.0 Å². The molecule has 100 valence electrons. The lowest BCUT2D eigenvalue weighted by Gasteiger charge is -2.14. The second-order valence-electron chi connectivity index (χ2n) is 4.43. The van der Waals surface area contributed by atoms with Gasteiger partial charge in [0.25, 0.3) is 5.91 Å². The Hall–Kier alpha value is -1.69. The van der Waals surface area contributed by atoms with Crippen LogP contribution in [-0.2, 0) is 7.05 Å². The lowest BCUT2D eigenvalue weighted by atomic mass is 10.1. The van der Waals surface area contributed by atoms with Gasteiger partial charge >= 0.3 is 0 Å². The monoisotopic (exact) mass is 322 g/mol. The summed E-state index contributed by atoms with van der Waals surface area (Å²) in [7, 11) is 1.85. The van der Waals surface area contributed by atoms with Crippen LogP contribution in [0.1, 0.15) is 34.7 Å². The Morgan fingerprint density at radius 2 is 2.21 bits per heavy atom. The first-order chi connectivity index (χ1) is 9.00. The van der Waals surface area contributed by atoms with Gasteiger partial charge in [-0.25, -0.2) is 0 Å². The van der Waals surface area contributed by atoms with E-state index in [0.29, 0.717) is 5.56 Å². The van der Waals surface area contributed by atoms with Crippen molar-refractivity contribution in [2.24, 2.45) is 7.05 Å². The van der Waals surface area contributed by atoms with Gasteiger partial charge in [-0.1, -0.05) is 12.1 Å². The van der Waals surface area contributed by atoms with Crippen LogP contribution < -0.4 is 5.32 Å². The molecule has 1 atom stereocenters. The van der Waals surface area contributed by atoms with Gasteiger partial charge in [0.05, 0.1) is 11.6 Å². The molecule has 1 aromatic heterocycles. The Balaban J connectivity index is 2.18. The van der Waals surface area contributed by atoms with Gasteiger partial charge in [-0.15, -0.1) is 10.2 Å². The third-order valence-electron chi connectivity index (χ3n) is 2.92. The van der Waals surface area contributed by atoms with Crippen LogP contribution in [0.2, 0.25) is 0 Å². The van der Waals surface area contributed by atoms with Gasteiger partial charge in [0.1, 0.15) is 6.33 Å². The number of hydrogen-bond acceptors (Lipinski definition) is 3. The fourth-order valence-corrected chi connectivity index (χ4v) is 2.29. The first kappa shape index (κ1) is 13.7. The Morgan fingerprint density at radius 3 is 2.84 bits per heavy atom. The van der Waals surface area contributed by atoms with Crippen molar-refractivity contribution in [1.29, 1.82) is 0 Å². The van der Waals surface area contributed by atoms with Crippen LogP contribution in [0.4, 0.5) is 0 Å². The van der Waals surface area contributed by atoms with E-state index in [1.807, 2.05) is 33.0 Å². The quantitative estimate of drug-likeness (QED) is 0.943. The third kappa shape index (κ3) is 2.84. The Morgan fingerprint density at radius 1 is 1.47 bits per heavy atom. The van der Waals surface area contributed by atoms with Crippen molar-refractivity contribution in [3.05, 3.63) is 46.0 Å². The smallest absolute Gasteiger partial charge is 0.253 e. The number of carbonyl (C=O) groups excluding carboxylic acids is 1. The number of benzene rings is 1. The Bertz CT molecular complexity index is 608. The summed E-state index contributed by atoms with van der Waals surface area (Å²) in [5.74, 6) is 0.586. The molecule has 0 fully saturated rings. The maximum atomic E-state index is 12.2. The van der Waals surface area contributed by atoms with Gasteiger partial charge in [-0.2, -0.15) is 0 Å². The van der Waals surface area contributed by atoms with Crippen LogP contribution >= 0.6 is 15.9 Å². The van der Waals surface area contributed by atoms with Crippen LogP contribution in [0.25, 0.3) is 0 Å². The van der Waals surface area contributed by atoms with Crippen molar-refractivity contribution in [3.8, 4) is 0 Å². The zero-order chi connectivity index (χ0) is 14.0. The lowest BCUT2D eigenvalue weighted by molar-refractivity contribution is 0.0937. The standard InChI is InChI=1S/C13H15BrN4O/c1-8-5-4-6-10(11(8)14)13(19)16-9(2)12-17-15-7-18(12)3/h4-7,9H,1-3H3,(H,16,19). The molecule has 0 aliphatic rings. The van der Waals surface area contributed by atoms with Crippen molar-refractivity contribution in [2.45, 2.75) is 19.9 Å². The highest BCUT2D eigenvalue weighted by Crippen LogP contribution is 2.21. The van der Waals surface area contributed by atoms with Gasteiger partial charge in [0.15, 0.2) is 5.82 Å². The summed E-state index contributed by atoms with van der Waals surface area (Å²) in [6.45, 7) is 3.83. The molecule has 0 saturated heterocycles. The number of carbonyl (C=O) groups is 1. The average Bonchev–Trinajstić information content (AvgIpc) is 2.79. The second-order valence-corrected chi connectivity index (χ2v) is 5.22. The minimum atomic E-state index is -0.201. The van der Waals surface area contributed by atoms with Crippen LogP contribution in [0, 0.1) is 6.92 Å². The number of aromatic nitrogens is 3. The van der Waals surface area contributed by atoms with Crippen LogP contribution in [0.5, 0.6) is 0 Å². The molecule has 2 rings (SSSR count). The summed E-state index contributed by atoms with van der Waals surface area (Å²) < 4.78 is 2.61. The first-order valence-electron chi connectivity index (χ1n) is 5.90. The topological polar surface area (TPSA) is 59.8 Å². The number of nitrogens with zero attached hydrogens (tertiary/aromatic N) is 3. The Labute approximate surface area is 120 Å². The van der Waals surface area contributed by atoms with Crippen molar-refractivity contribution >= 4 is 21.8 Å². The summed E-state index contributed by atoms with van der Waals surface area (Å²) in [5, 5.41) is 10.7. The first-order valence-corrected chi connectivity index (χ1v) is 6.70. The number of hydrogen-bond donors (Lipinski definition) is 1.